The van der Waals surface area contributed by atoms with Gasteiger partial charge < -0.3 is 21.1 Å². The zero-order valence-corrected chi connectivity index (χ0v) is 12.8. The number of rotatable bonds is 6. The smallest absolute Gasteiger partial charge is 0.269 e. The second-order valence-electron chi connectivity index (χ2n) is 4.34. The van der Waals surface area contributed by atoms with Crippen LogP contribution in [0.5, 0.6) is 5.75 Å². The molecule has 4 N–H and O–H groups in total. The Hall–Kier alpha value is -2.28. The quantitative estimate of drug-likeness (QED) is 0.763. The van der Waals surface area contributed by atoms with E-state index in [1.807, 2.05) is 0 Å². The lowest BCUT2D eigenvalue weighted by Crippen LogP contribution is -2.12. The summed E-state index contributed by atoms with van der Waals surface area (Å²) in [4.78, 5) is 16.7. The Morgan fingerprint density at radius 1 is 1.38 bits per heavy atom. The van der Waals surface area contributed by atoms with Gasteiger partial charge >= 0.3 is 0 Å². The van der Waals surface area contributed by atoms with E-state index in [2.05, 4.69) is 22.5 Å². The molecule has 1 heterocycles. The van der Waals surface area contributed by atoms with Gasteiger partial charge in [-0.2, -0.15) is 0 Å². The van der Waals surface area contributed by atoms with Crippen LogP contribution in [-0.4, -0.2) is 24.5 Å². The molecule has 0 saturated carbocycles. The Kier molecular flexibility index (Phi) is 4.99. The molecular weight excluding hydrogens is 288 g/mol. The van der Waals surface area contributed by atoms with Crippen molar-refractivity contribution in [3.05, 3.63) is 29.1 Å². The molecule has 0 saturated heterocycles. The van der Waals surface area contributed by atoms with Gasteiger partial charge in [-0.05, 0) is 30.7 Å². The van der Waals surface area contributed by atoms with E-state index in [9.17, 15) is 4.79 Å². The summed E-state index contributed by atoms with van der Waals surface area (Å²) in [6.07, 6.45) is 0.979. The number of nitrogens with zero attached hydrogens (tertiary/aromatic N) is 1. The van der Waals surface area contributed by atoms with Crippen molar-refractivity contribution in [2.45, 2.75) is 13.3 Å². The van der Waals surface area contributed by atoms with E-state index in [4.69, 9.17) is 10.5 Å². The molecule has 0 aliphatic rings. The summed E-state index contributed by atoms with van der Waals surface area (Å²) in [5.74, 6) is 0.709. The number of nitrogen functional groups attached to an aromatic ring is 1. The molecule has 21 heavy (non-hydrogen) atoms. The van der Waals surface area contributed by atoms with Crippen LogP contribution in [0.3, 0.4) is 0 Å². The molecule has 0 aliphatic carbocycles. The number of nitrogens with two attached hydrogens (primary N) is 1. The molecule has 0 unspecified atom stereocenters. The fourth-order valence-electron chi connectivity index (χ4n) is 1.66. The summed E-state index contributed by atoms with van der Waals surface area (Å²) in [6.45, 7) is 2.85. The summed E-state index contributed by atoms with van der Waals surface area (Å²) in [5.41, 5.74) is 6.47. The normalized spacial score (nSPS) is 10.2. The lowest BCUT2D eigenvalue weighted by atomic mass is 10.3. The first-order chi connectivity index (χ1) is 10.1. The van der Waals surface area contributed by atoms with Crippen LogP contribution in [0.15, 0.2) is 24.3 Å². The Morgan fingerprint density at radius 2 is 2.10 bits per heavy atom. The lowest BCUT2D eigenvalue weighted by Gasteiger charge is -2.05. The summed E-state index contributed by atoms with van der Waals surface area (Å²) in [7, 11) is 1.59. The van der Waals surface area contributed by atoms with Gasteiger partial charge in [0.15, 0.2) is 5.13 Å². The van der Waals surface area contributed by atoms with Gasteiger partial charge in [0.2, 0.25) is 0 Å². The highest BCUT2D eigenvalue weighted by molar-refractivity contribution is 7.18. The van der Waals surface area contributed by atoms with Gasteiger partial charge in [0, 0.05) is 12.2 Å². The Labute approximate surface area is 127 Å². The van der Waals surface area contributed by atoms with Crippen molar-refractivity contribution in [3.63, 3.8) is 0 Å². The van der Waals surface area contributed by atoms with Crippen molar-refractivity contribution in [1.29, 1.82) is 0 Å². The number of benzene rings is 1. The number of anilines is 3. The van der Waals surface area contributed by atoms with Gasteiger partial charge in [0.1, 0.15) is 16.4 Å². The number of carbonyl (C=O) groups excluding carboxylic acids is 1. The molecule has 112 valence electrons. The molecule has 2 aromatic rings. The fraction of sp³-hybridized carbons (Fsp3) is 0.286. The molecule has 0 atom stereocenters. The number of hydrogen-bond acceptors (Lipinski definition) is 6. The second-order valence-corrected chi connectivity index (χ2v) is 5.34. The standard InChI is InChI=1S/C14H18N4O2S/c1-3-8-16-14-18-12(15)11(21-14)13(19)17-9-4-6-10(20-2)7-5-9/h4-7H,3,8,15H2,1-2H3,(H,16,18)(H,17,19). The molecule has 6 nitrogen and oxygen atoms in total. The van der Waals surface area contributed by atoms with Crippen molar-refractivity contribution in [3.8, 4) is 5.75 Å². The van der Waals surface area contributed by atoms with E-state index in [0.717, 1.165) is 18.7 Å². The molecule has 0 bridgehead atoms. The summed E-state index contributed by atoms with van der Waals surface area (Å²) in [5, 5.41) is 6.57. The predicted octanol–water partition coefficient (Wildman–Crippen LogP) is 2.81. The maximum atomic E-state index is 12.2. The van der Waals surface area contributed by atoms with Crippen LogP contribution in [0.25, 0.3) is 0 Å². The van der Waals surface area contributed by atoms with Crippen LogP contribution in [0, 0.1) is 0 Å². The molecular formula is C14H18N4O2S. The van der Waals surface area contributed by atoms with Crippen LogP contribution >= 0.6 is 11.3 Å². The summed E-state index contributed by atoms with van der Waals surface area (Å²) < 4.78 is 5.07. The topological polar surface area (TPSA) is 89.3 Å². The van der Waals surface area contributed by atoms with E-state index >= 15 is 0 Å². The highest BCUT2D eigenvalue weighted by atomic mass is 32.1. The number of amides is 1. The molecule has 0 radical (unpaired) electrons. The van der Waals surface area contributed by atoms with Gasteiger partial charge in [0.25, 0.3) is 5.91 Å². The van der Waals surface area contributed by atoms with Gasteiger partial charge in [-0.15, -0.1) is 0 Å². The number of ether oxygens (including phenoxy) is 1. The average molecular weight is 306 g/mol. The van der Waals surface area contributed by atoms with E-state index in [1.54, 1.807) is 31.4 Å². The number of hydrogen-bond donors (Lipinski definition) is 3. The fourth-order valence-corrected chi connectivity index (χ4v) is 2.47. The predicted molar refractivity (Wildman–Crippen MR) is 86.3 cm³/mol. The number of methoxy groups -OCH3 is 1. The third kappa shape index (κ3) is 3.85. The van der Waals surface area contributed by atoms with E-state index in [0.29, 0.717) is 15.7 Å². The van der Waals surface area contributed by atoms with Gasteiger partial charge in [-0.3, -0.25) is 4.79 Å². The molecule has 1 aromatic carbocycles. The van der Waals surface area contributed by atoms with Crippen LogP contribution in [0.2, 0.25) is 0 Å². The minimum absolute atomic E-state index is 0.240. The first-order valence-electron chi connectivity index (χ1n) is 6.59. The van der Waals surface area contributed by atoms with Gasteiger partial charge in [-0.25, -0.2) is 4.98 Å². The van der Waals surface area contributed by atoms with Crippen LogP contribution in [0.4, 0.5) is 16.6 Å². The number of carbonyl (C=O) groups is 1. The van der Waals surface area contributed by atoms with Gasteiger partial charge in [-0.1, -0.05) is 18.3 Å². The van der Waals surface area contributed by atoms with E-state index in [1.165, 1.54) is 11.3 Å². The van der Waals surface area contributed by atoms with Crippen molar-refractivity contribution < 1.29 is 9.53 Å². The zero-order chi connectivity index (χ0) is 15.2. The highest BCUT2D eigenvalue weighted by Gasteiger charge is 2.16. The van der Waals surface area contributed by atoms with Crippen LogP contribution < -0.4 is 21.1 Å². The van der Waals surface area contributed by atoms with E-state index in [-0.39, 0.29) is 11.7 Å². The van der Waals surface area contributed by atoms with Gasteiger partial charge in [0.05, 0.1) is 7.11 Å². The molecule has 2 rings (SSSR count). The number of nitrogens with one attached hydrogen (secondary N) is 2. The minimum Gasteiger partial charge on any atom is -0.497 e. The summed E-state index contributed by atoms with van der Waals surface area (Å²) in [6, 6.07) is 7.09. The van der Waals surface area contributed by atoms with Crippen molar-refractivity contribution in [1.82, 2.24) is 4.98 Å². The molecule has 7 heteroatoms. The van der Waals surface area contributed by atoms with Crippen LogP contribution in [0.1, 0.15) is 23.0 Å². The first-order valence-corrected chi connectivity index (χ1v) is 7.41. The maximum Gasteiger partial charge on any atom is 0.269 e. The average Bonchev–Trinajstić information content (AvgIpc) is 2.87. The maximum absolute atomic E-state index is 12.2. The summed E-state index contributed by atoms with van der Waals surface area (Å²) >= 11 is 1.25. The van der Waals surface area contributed by atoms with Crippen molar-refractivity contribution in [2.24, 2.45) is 0 Å². The monoisotopic (exact) mass is 306 g/mol. The molecule has 0 spiro atoms. The number of thiazole rings is 1. The first kappa shape index (κ1) is 15.1. The second kappa shape index (κ2) is 6.94. The largest absolute Gasteiger partial charge is 0.497 e. The third-order valence-electron chi connectivity index (χ3n) is 2.73. The van der Waals surface area contributed by atoms with Crippen LogP contribution in [-0.2, 0) is 0 Å². The lowest BCUT2D eigenvalue weighted by molar-refractivity contribution is 0.103. The Morgan fingerprint density at radius 3 is 2.71 bits per heavy atom. The van der Waals surface area contributed by atoms with Crippen molar-refractivity contribution >= 4 is 33.9 Å². The number of aromatic nitrogens is 1. The zero-order valence-electron chi connectivity index (χ0n) is 12.0. The molecule has 0 fully saturated rings. The minimum atomic E-state index is -0.264. The Bertz CT molecular complexity index is 610. The third-order valence-corrected chi connectivity index (χ3v) is 3.76. The molecule has 0 aliphatic heterocycles. The molecule has 1 amide bonds. The van der Waals surface area contributed by atoms with Crippen molar-refractivity contribution in [2.75, 3.05) is 30.0 Å². The van der Waals surface area contributed by atoms with E-state index < -0.39 is 0 Å². The highest BCUT2D eigenvalue weighted by Crippen LogP contribution is 2.26. The SMILES string of the molecule is CCCNc1nc(N)c(C(=O)Nc2ccc(OC)cc2)s1. The Balaban J connectivity index is 2.06. The molecule has 1 aromatic heterocycles.